The second-order valence-corrected chi connectivity index (χ2v) is 10.6. The van der Waals surface area contributed by atoms with Crippen LogP contribution in [0.15, 0.2) is 4.99 Å². The lowest BCUT2D eigenvalue weighted by Crippen LogP contribution is -2.40. The summed E-state index contributed by atoms with van der Waals surface area (Å²) in [6.07, 6.45) is 26.8. The Kier molecular flexibility index (Phi) is 23.7. The number of aliphatic imine (C=N–C) groups is 1. The van der Waals surface area contributed by atoms with Crippen molar-refractivity contribution in [1.29, 1.82) is 0 Å². The Morgan fingerprint density at radius 3 is 1.53 bits per heavy atom. The molecule has 192 valence electrons. The number of nitrogens with zero attached hydrogens (tertiary/aromatic N) is 2. The van der Waals surface area contributed by atoms with Gasteiger partial charge in [-0.2, -0.15) is 0 Å². The molecule has 1 N–H and O–H groups in total. The summed E-state index contributed by atoms with van der Waals surface area (Å²) < 4.78 is 0. The maximum absolute atomic E-state index is 9.37. The van der Waals surface area contributed by atoms with Crippen LogP contribution >= 0.6 is 11.6 Å². The molecule has 0 aromatic carbocycles. The number of rotatable bonds is 20. The third-order valence-corrected chi connectivity index (χ3v) is 6.79. The molecule has 32 heavy (non-hydrogen) atoms. The Bertz CT molecular complexity index is 401. The van der Waals surface area contributed by atoms with Gasteiger partial charge in [0.2, 0.25) is 0 Å². The van der Waals surface area contributed by atoms with Crippen molar-refractivity contribution in [2.45, 2.75) is 161 Å². The van der Waals surface area contributed by atoms with Gasteiger partial charge in [0, 0.05) is 11.9 Å². The number of alkyl halides is 1. The van der Waals surface area contributed by atoms with E-state index in [0.29, 0.717) is 5.38 Å². The van der Waals surface area contributed by atoms with Gasteiger partial charge in [0.25, 0.3) is 0 Å². The Morgan fingerprint density at radius 1 is 0.781 bits per heavy atom. The summed E-state index contributed by atoms with van der Waals surface area (Å²) in [6.45, 7) is 10.2. The second-order valence-electron chi connectivity index (χ2n) is 9.85. The number of aliphatic hydroxyl groups excluding tert-OH is 1. The molecule has 0 aliphatic carbocycles. The zero-order valence-corrected chi connectivity index (χ0v) is 22.9. The van der Waals surface area contributed by atoms with Gasteiger partial charge in [0.05, 0.1) is 25.0 Å². The summed E-state index contributed by atoms with van der Waals surface area (Å²) in [5.74, 6) is 0. The SMILES string of the molecule is CCC(C(C)O)N1C=NCC1.CCCCCCCCCCCCCCCCCCC(C)Cl. The molecule has 0 saturated heterocycles. The highest BCUT2D eigenvalue weighted by Gasteiger charge is 2.20. The molecule has 1 rings (SSSR count). The lowest BCUT2D eigenvalue weighted by atomic mass is 10.0. The molecule has 3 atom stereocenters. The summed E-state index contributed by atoms with van der Waals surface area (Å²) in [7, 11) is 0. The predicted octanol–water partition coefficient (Wildman–Crippen LogP) is 8.76. The highest BCUT2D eigenvalue weighted by atomic mass is 35.5. The number of halogens is 1. The predicted molar refractivity (Wildman–Crippen MR) is 145 cm³/mol. The number of hydrogen-bond acceptors (Lipinski definition) is 3. The Morgan fingerprint density at radius 2 is 1.22 bits per heavy atom. The monoisotopic (exact) mass is 472 g/mol. The van der Waals surface area contributed by atoms with E-state index < -0.39 is 0 Å². The fourth-order valence-corrected chi connectivity index (χ4v) is 4.63. The lowest BCUT2D eigenvalue weighted by molar-refractivity contribution is 0.103. The van der Waals surface area contributed by atoms with Crippen molar-refractivity contribution in [2.75, 3.05) is 13.1 Å². The third-order valence-electron chi connectivity index (χ3n) is 6.57. The van der Waals surface area contributed by atoms with Gasteiger partial charge in [0.15, 0.2) is 0 Å². The first-order valence-corrected chi connectivity index (χ1v) is 14.5. The minimum atomic E-state index is -0.260. The summed E-state index contributed by atoms with van der Waals surface area (Å²) in [4.78, 5) is 6.22. The molecule has 0 aromatic heterocycles. The average molecular weight is 473 g/mol. The average Bonchev–Trinajstić information content (AvgIpc) is 3.28. The molecule has 3 nitrogen and oxygen atoms in total. The molecule has 0 radical (unpaired) electrons. The fraction of sp³-hybridized carbons (Fsp3) is 0.964. The zero-order chi connectivity index (χ0) is 23.9. The third kappa shape index (κ3) is 20.3. The van der Waals surface area contributed by atoms with Crippen molar-refractivity contribution in [3.8, 4) is 0 Å². The van der Waals surface area contributed by atoms with E-state index >= 15 is 0 Å². The first kappa shape index (κ1) is 31.7. The maximum Gasteiger partial charge on any atom is 0.0854 e. The highest BCUT2D eigenvalue weighted by molar-refractivity contribution is 6.20. The van der Waals surface area contributed by atoms with Crippen LogP contribution < -0.4 is 0 Å². The van der Waals surface area contributed by atoms with Crippen molar-refractivity contribution in [3.63, 3.8) is 0 Å². The molecule has 1 aliphatic rings. The van der Waals surface area contributed by atoms with Crippen LogP contribution in [0.5, 0.6) is 0 Å². The normalized spacial score (nSPS) is 16.0. The lowest BCUT2D eigenvalue weighted by Gasteiger charge is -2.27. The van der Waals surface area contributed by atoms with Crippen LogP contribution in [-0.2, 0) is 0 Å². The van der Waals surface area contributed by atoms with E-state index in [1.54, 1.807) is 0 Å². The molecule has 0 aromatic rings. The summed E-state index contributed by atoms with van der Waals surface area (Å²) >= 11 is 5.94. The van der Waals surface area contributed by atoms with E-state index in [0.717, 1.165) is 19.5 Å². The molecule has 1 aliphatic heterocycles. The number of aliphatic hydroxyl groups is 1. The van der Waals surface area contributed by atoms with Crippen LogP contribution in [0, 0.1) is 0 Å². The van der Waals surface area contributed by atoms with E-state index in [9.17, 15) is 5.11 Å². The fourth-order valence-electron chi connectivity index (χ4n) is 4.47. The van der Waals surface area contributed by atoms with Gasteiger partial charge in [-0.15, -0.1) is 11.6 Å². The van der Waals surface area contributed by atoms with Gasteiger partial charge in [-0.05, 0) is 26.7 Å². The quantitative estimate of drug-likeness (QED) is 0.142. The Labute approximate surface area is 206 Å². The Hall–Kier alpha value is -0.280. The maximum atomic E-state index is 9.37. The minimum absolute atomic E-state index is 0.251. The van der Waals surface area contributed by atoms with Crippen LogP contribution in [0.2, 0.25) is 0 Å². The van der Waals surface area contributed by atoms with E-state index in [4.69, 9.17) is 11.6 Å². The summed E-state index contributed by atoms with van der Waals surface area (Å²) in [5.41, 5.74) is 0. The molecular weight excluding hydrogens is 416 g/mol. The Balaban J connectivity index is 0.000000726. The molecule has 4 heteroatoms. The van der Waals surface area contributed by atoms with Crippen LogP contribution in [0.25, 0.3) is 0 Å². The van der Waals surface area contributed by atoms with Gasteiger partial charge in [-0.3, -0.25) is 4.99 Å². The van der Waals surface area contributed by atoms with Crippen molar-refractivity contribution in [3.05, 3.63) is 0 Å². The van der Waals surface area contributed by atoms with Crippen molar-refractivity contribution in [2.24, 2.45) is 4.99 Å². The van der Waals surface area contributed by atoms with E-state index in [2.05, 4.69) is 30.7 Å². The van der Waals surface area contributed by atoms with Gasteiger partial charge in [-0.25, -0.2) is 0 Å². The molecule has 0 saturated carbocycles. The number of hydrogen-bond donors (Lipinski definition) is 1. The first-order valence-electron chi connectivity index (χ1n) is 14.1. The number of unbranched alkanes of at least 4 members (excludes halogenated alkanes) is 15. The van der Waals surface area contributed by atoms with Crippen LogP contribution in [-0.4, -0.2) is 47.0 Å². The van der Waals surface area contributed by atoms with Crippen LogP contribution in [0.3, 0.4) is 0 Å². The standard InChI is InChI=1S/C20H41Cl.C8H16N2O/c1-3-4-5-6-7-8-9-10-11-12-13-14-15-16-17-18-19-20(2)21;1-3-8(7(2)11)10-5-4-9-6-10/h20H,3-19H2,1-2H3;6-8,11H,3-5H2,1-2H3. The topological polar surface area (TPSA) is 35.8 Å². The van der Waals surface area contributed by atoms with E-state index in [1.807, 2.05) is 13.3 Å². The van der Waals surface area contributed by atoms with Crippen molar-refractivity contribution in [1.82, 2.24) is 4.90 Å². The summed E-state index contributed by atoms with van der Waals surface area (Å²) in [6, 6.07) is 0.251. The molecule has 3 unspecified atom stereocenters. The zero-order valence-electron chi connectivity index (χ0n) is 22.2. The van der Waals surface area contributed by atoms with Gasteiger partial charge < -0.3 is 10.0 Å². The molecule has 0 amide bonds. The molecule has 0 fully saturated rings. The van der Waals surface area contributed by atoms with Crippen LogP contribution in [0.4, 0.5) is 0 Å². The first-order chi connectivity index (χ1) is 15.5. The van der Waals surface area contributed by atoms with Crippen molar-refractivity contribution < 1.29 is 5.11 Å². The summed E-state index contributed by atoms with van der Waals surface area (Å²) in [5, 5.41) is 9.74. The smallest absolute Gasteiger partial charge is 0.0854 e. The van der Waals surface area contributed by atoms with Crippen molar-refractivity contribution >= 4 is 17.9 Å². The van der Waals surface area contributed by atoms with Gasteiger partial charge in [0.1, 0.15) is 0 Å². The van der Waals surface area contributed by atoms with E-state index in [-0.39, 0.29) is 12.1 Å². The van der Waals surface area contributed by atoms with Gasteiger partial charge >= 0.3 is 0 Å². The second kappa shape index (κ2) is 23.9. The molecule has 0 spiro atoms. The van der Waals surface area contributed by atoms with Crippen LogP contribution in [0.1, 0.15) is 143 Å². The minimum Gasteiger partial charge on any atom is -0.391 e. The highest BCUT2D eigenvalue weighted by Crippen LogP contribution is 2.15. The largest absolute Gasteiger partial charge is 0.391 e. The molecular formula is C28H57ClN2O. The van der Waals surface area contributed by atoms with Gasteiger partial charge in [-0.1, -0.05) is 117 Å². The molecule has 1 heterocycles. The van der Waals surface area contributed by atoms with E-state index in [1.165, 1.54) is 109 Å². The molecule has 0 bridgehead atoms.